The number of aromatic nitrogens is 1. The number of furan rings is 1. The zero-order valence-electron chi connectivity index (χ0n) is 16.8. The third-order valence-corrected chi connectivity index (χ3v) is 5.02. The van der Waals surface area contributed by atoms with Gasteiger partial charge < -0.3 is 20.0 Å². The van der Waals surface area contributed by atoms with E-state index in [1.807, 2.05) is 12.1 Å². The molecule has 0 aliphatic carbocycles. The Kier molecular flexibility index (Phi) is 6.07. The van der Waals surface area contributed by atoms with Gasteiger partial charge in [0, 0.05) is 43.3 Å². The largest absolute Gasteiger partial charge is 0.459 e. The Morgan fingerprint density at radius 3 is 2.81 bits per heavy atom. The summed E-state index contributed by atoms with van der Waals surface area (Å²) in [6.07, 6.45) is 6.15. The molecule has 0 saturated heterocycles. The van der Waals surface area contributed by atoms with E-state index in [2.05, 4.69) is 15.6 Å². The van der Waals surface area contributed by atoms with Gasteiger partial charge in [0.05, 0.1) is 11.8 Å². The second-order valence-corrected chi connectivity index (χ2v) is 7.18. The number of rotatable bonds is 7. The summed E-state index contributed by atoms with van der Waals surface area (Å²) in [4.78, 5) is 42.5. The average molecular weight is 418 g/mol. The van der Waals surface area contributed by atoms with Gasteiger partial charge in [-0.2, -0.15) is 0 Å². The van der Waals surface area contributed by atoms with Crippen LogP contribution in [-0.2, 0) is 11.2 Å². The Morgan fingerprint density at radius 1 is 1.13 bits per heavy atom. The Balaban J connectivity index is 1.28. The van der Waals surface area contributed by atoms with E-state index < -0.39 is 0 Å². The van der Waals surface area contributed by atoms with Crippen LogP contribution in [0.2, 0.25) is 0 Å². The van der Waals surface area contributed by atoms with Crippen molar-refractivity contribution in [1.82, 2.24) is 10.3 Å². The highest BCUT2D eigenvalue weighted by atomic mass is 16.3. The van der Waals surface area contributed by atoms with Gasteiger partial charge in [-0.25, -0.2) is 0 Å². The lowest BCUT2D eigenvalue weighted by Gasteiger charge is -2.17. The average Bonchev–Trinajstić information content (AvgIpc) is 3.47. The van der Waals surface area contributed by atoms with Crippen molar-refractivity contribution >= 4 is 29.1 Å². The smallest absolute Gasteiger partial charge is 0.286 e. The van der Waals surface area contributed by atoms with Gasteiger partial charge in [0.15, 0.2) is 5.76 Å². The summed E-state index contributed by atoms with van der Waals surface area (Å²) in [5.41, 5.74) is 3.11. The summed E-state index contributed by atoms with van der Waals surface area (Å²) in [5.74, 6) is -0.262. The first-order chi connectivity index (χ1) is 15.1. The second-order valence-electron chi connectivity index (χ2n) is 7.18. The molecular weight excluding hydrogens is 396 g/mol. The highest BCUT2D eigenvalue weighted by Crippen LogP contribution is 2.31. The van der Waals surface area contributed by atoms with Gasteiger partial charge in [-0.05, 0) is 60.9 Å². The number of nitrogens with one attached hydrogen (secondary N) is 2. The molecule has 3 aromatic rings. The van der Waals surface area contributed by atoms with Crippen LogP contribution in [0.15, 0.2) is 65.5 Å². The van der Waals surface area contributed by atoms with E-state index in [-0.39, 0.29) is 29.9 Å². The van der Waals surface area contributed by atoms with Crippen LogP contribution in [0.5, 0.6) is 0 Å². The lowest BCUT2D eigenvalue weighted by molar-refractivity contribution is -0.116. The summed E-state index contributed by atoms with van der Waals surface area (Å²) in [6.45, 7) is 0.971. The quantitative estimate of drug-likeness (QED) is 0.574. The van der Waals surface area contributed by atoms with Gasteiger partial charge in [0.1, 0.15) is 0 Å². The van der Waals surface area contributed by atoms with Gasteiger partial charge in [0.25, 0.3) is 11.8 Å². The van der Waals surface area contributed by atoms with Crippen molar-refractivity contribution in [1.29, 1.82) is 0 Å². The highest BCUT2D eigenvalue weighted by Gasteiger charge is 2.26. The first-order valence-corrected chi connectivity index (χ1v) is 10.1. The van der Waals surface area contributed by atoms with E-state index in [1.54, 1.807) is 47.6 Å². The fourth-order valence-electron chi connectivity index (χ4n) is 3.50. The summed E-state index contributed by atoms with van der Waals surface area (Å²) in [6, 6.07) is 12.3. The SMILES string of the molecule is O=C(CCCNC(=O)c1ccco1)Nc1ccc2c(c1)CCN2C(=O)c1cccnc1. The molecule has 0 saturated carbocycles. The number of hydrogen-bond donors (Lipinski definition) is 2. The number of pyridine rings is 1. The van der Waals surface area contributed by atoms with Crippen LogP contribution in [0.1, 0.15) is 39.3 Å². The Morgan fingerprint density at radius 2 is 2.03 bits per heavy atom. The molecule has 158 valence electrons. The molecule has 0 spiro atoms. The molecule has 2 N–H and O–H groups in total. The molecule has 0 unspecified atom stereocenters. The van der Waals surface area contributed by atoms with Gasteiger partial charge in [-0.1, -0.05) is 0 Å². The number of carbonyl (C=O) groups excluding carboxylic acids is 3. The molecule has 1 aliphatic heterocycles. The minimum absolute atomic E-state index is 0.0831. The van der Waals surface area contributed by atoms with Crippen molar-refractivity contribution in [2.24, 2.45) is 0 Å². The number of fused-ring (bicyclic) bond motifs is 1. The van der Waals surface area contributed by atoms with Crippen molar-refractivity contribution in [2.45, 2.75) is 19.3 Å². The summed E-state index contributed by atoms with van der Waals surface area (Å²) in [7, 11) is 0. The van der Waals surface area contributed by atoms with Crippen LogP contribution in [0.25, 0.3) is 0 Å². The summed E-state index contributed by atoms with van der Waals surface area (Å²) < 4.78 is 5.02. The molecule has 8 nitrogen and oxygen atoms in total. The maximum Gasteiger partial charge on any atom is 0.286 e. The first kappa shape index (κ1) is 20.3. The predicted molar refractivity (Wildman–Crippen MR) is 115 cm³/mol. The number of benzene rings is 1. The predicted octanol–water partition coefficient (Wildman–Crippen LogP) is 3.03. The summed E-state index contributed by atoms with van der Waals surface area (Å²) >= 11 is 0. The van der Waals surface area contributed by atoms with E-state index in [1.165, 1.54) is 6.26 Å². The maximum absolute atomic E-state index is 12.7. The zero-order valence-corrected chi connectivity index (χ0v) is 16.8. The number of hydrogen-bond acceptors (Lipinski definition) is 5. The molecule has 0 radical (unpaired) electrons. The van der Waals surface area contributed by atoms with Gasteiger partial charge in [-0.15, -0.1) is 0 Å². The Bertz CT molecular complexity index is 1080. The molecule has 3 amide bonds. The van der Waals surface area contributed by atoms with E-state index in [4.69, 9.17) is 4.42 Å². The van der Waals surface area contributed by atoms with Gasteiger partial charge in [-0.3, -0.25) is 19.4 Å². The van der Waals surface area contributed by atoms with Gasteiger partial charge >= 0.3 is 0 Å². The molecule has 2 aromatic heterocycles. The number of anilines is 2. The Labute approximate surface area is 179 Å². The topological polar surface area (TPSA) is 105 Å². The second kappa shape index (κ2) is 9.25. The fourth-order valence-corrected chi connectivity index (χ4v) is 3.50. The minimum atomic E-state index is -0.297. The monoisotopic (exact) mass is 418 g/mol. The van der Waals surface area contributed by atoms with Crippen molar-refractivity contribution in [3.05, 3.63) is 78.0 Å². The van der Waals surface area contributed by atoms with Crippen LogP contribution in [0.3, 0.4) is 0 Å². The first-order valence-electron chi connectivity index (χ1n) is 10.1. The third kappa shape index (κ3) is 4.80. The lowest BCUT2D eigenvalue weighted by atomic mass is 10.1. The van der Waals surface area contributed by atoms with E-state index in [9.17, 15) is 14.4 Å². The van der Waals surface area contributed by atoms with E-state index in [0.717, 1.165) is 17.7 Å². The standard InChI is InChI=1S/C23H22N4O4/c28-21(6-2-11-25-22(29)20-5-3-13-31-20)26-18-7-8-19-16(14-18)9-12-27(19)23(30)17-4-1-10-24-15-17/h1,3-5,7-8,10,13-15H,2,6,9,11-12H2,(H,25,29)(H,26,28). The van der Waals surface area contributed by atoms with Crippen molar-refractivity contribution in [3.8, 4) is 0 Å². The molecule has 8 heteroatoms. The minimum Gasteiger partial charge on any atom is -0.459 e. The number of amides is 3. The zero-order chi connectivity index (χ0) is 21.6. The molecule has 0 fully saturated rings. The Hall–Kier alpha value is -3.94. The van der Waals surface area contributed by atoms with Crippen molar-refractivity contribution < 1.29 is 18.8 Å². The molecule has 3 heterocycles. The van der Waals surface area contributed by atoms with E-state index >= 15 is 0 Å². The van der Waals surface area contributed by atoms with Crippen LogP contribution in [-0.4, -0.2) is 35.8 Å². The highest BCUT2D eigenvalue weighted by molar-refractivity contribution is 6.07. The molecule has 31 heavy (non-hydrogen) atoms. The van der Waals surface area contributed by atoms with Crippen molar-refractivity contribution in [3.63, 3.8) is 0 Å². The molecule has 0 atom stereocenters. The number of carbonyl (C=O) groups is 3. The normalized spacial score (nSPS) is 12.3. The lowest BCUT2D eigenvalue weighted by Crippen LogP contribution is -2.28. The number of nitrogens with zero attached hydrogens (tertiary/aromatic N) is 2. The van der Waals surface area contributed by atoms with Crippen LogP contribution >= 0.6 is 0 Å². The third-order valence-electron chi connectivity index (χ3n) is 5.02. The molecule has 0 bridgehead atoms. The molecular formula is C23H22N4O4. The van der Waals surface area contributed by atoms with Crippen LogP contribution in [0, 0.1) is 0 Å². The summed E-state index contributed by atoms with van der Waals surface area (Å²) in [5, 5.41) is 5.59. The molecule has 1 aromatic carbocycles. The van der Waals surface area contributed by atoms with E-state index in [0.29, 0.717) is 30.8 Å². The molecule has 1 aliphatic rings. The van der Waals surface area contributed by atoms with Crippen LogP contribution < -0.4 is 15.5 Å². The van der Waals surface area contributed by atoms with Crippen molar-refractivity contribution in [2.75, 3.05) is 23.3 Å². The maximum atomic E-state index is 12.7. The molecule has 4 rings (SSSR count). The van der Waals surface area contributed by atoms with Crippen LogP contribution in [0.4, 0.5) is 11.4 Å². The fraction of sp³-hybridized carbons (Fsp3) is 0.217. The van der Waals surface area contributed by atoms with Gasteiger partial charge in [0.2, 0.25) is 5.91 Å².